The summed E-state index contributed by atoms with van der Waals surface area (Å²) in [6, 6.07) is 0. The van der Waals surface area contributed by atoms with Gasteiger partial charge in [0.25, 0.3) is 0 Å². The second-order valence-electron chi connectivity index (χ2n) is 4.57. The number of aryl methyl sites for hydroxylation is 1. The zero-order chi connectivity index (χ0) is 11.7. The van der Waals surface area contributed by atoms with Gasteiger partial charge in [-0.15, -0.1) is 0 Å². The van der Waals surface area contributed by atoms with Crippen molar-refractivity contribution in [2.24, 2.45) is 5.92 Å². The molecule has 4 heteroatoms. The molecule has 0 unspecified atom stereocenters. The van der Waals surface area contributed by atoms with Crippen LogP contribution in [0.25, 0.3) is 0 Å². The Balaban J connectivity index is 2.01. The minimum Gasteiger partial charge on any atom is -0.429 e. The third-order valence-corrected chi connectivity index (χ3v) is 3.76. The van der Waals surface area contributed by atoms with E-state index in [1.54, 1.807) is 6.92 Å². The highest BCUT2D eigenvalue weighted by Crippen LogP contribution is 2.36. The predicted octanol–water partition coefficient (Wildman–Crippen LogP) is 3.50. The molecule has 0 N–H and O–H groups in total. The van der Waals surface area contributed by atoms with E-state index in [-0.39, 0.29) is 5.92 Å². The number of hydrogen-bond donors (Lipinski definition) is 0. The molecule has 1 aliphatic rings. The molecule has 1 fully saturated rings. The molecule has 2 rings (SSSR count). The molecular weight excluding hydrogens is 226 g/mol. The van der Waals surface area contributed by atoms with Crippen molar-refractivity contribution >= 4 is 17.4 Å². The largest absolute Gasteiger partial charge is 0.429 e. The molecule has 1 aliphatic carbocycles. The Morgan fingerprint density at radius 2 is 2.00 bits per heavy atom. The molecule has 0 saturated heterocycles. The van der Waals surface area contributed by atoms with Crippen LogP contribution < -0.4 is 0 Å². The number of hydrogen-bond acceptors (Lipinski definition) is 3. The highest BCUT2D eigenvalue weighted by molar-refractivity contribution is 6.29. The van der Waals surface area contributed by atoms with E-state index in [9.17, 15) is 4.79 Å². The van der Waals surface area contributed by atoms with Gasteiger partial charge in [-0.2, -0.15) is 0 Å². The molecule has 1 heterocycles. The average molecular weight is 242 g/mol. The molecule has 0 bridgehead atoms. The SMILES string of the molecule is Cc1nc([C@H]2CC[C@H](C(C)=O)CC2)oc1Cl. The van der Waals surface area contributed by atoms with Gasteiger partial charge in [-0.1, -0.05) is 0 Å². The summed E-state index contributed by atoms with van der Waals surface area (Å²) >= 11 is 5.84. The predicted molar refractivity (Wildman–Crippen MR) is 61.6 cm³/mol. The van der Waals surface area contributed by atoms with Crippen molar-refractivity contribution in [3.05, 3.63) is 16.8 Å². The number of halogens is 1. The summed E-state index contributed by atoms with van der Waals surface area (Å²) in [5.74, 6) is 1.62. The van der Waals surface area contributed by atoms with Gasteiger partial charge in [-0.05, 0) is 51.1 Å². The fourth-order valence-electron chi connectivity index (χ4n) is 2.32. The third kappa shape index (κ3) is 2.29. The van der Waals surface area contributed by atoms with Gasteiger partial charge in [0.2, 0.25) is 5.22 Å². The van der Waals surface area contributed by atoms with Crippen LogP contribution in [0.4, 0.5) is 0 Å². The van der Waals surface area contributed by atoms with Gasteiger partial charge in [0, 0.05) is 11.8 Å². The van der Waals surface area contributed by atoms with Crippen molar-refractivity contribution in [1.29, 1.82) is 0 Å². The molecule has 88 valence electrons. The maximum Gasteiger partial charge on any atom is 0.216 e. The van der Waals surface area contributed by atoms with Crippen molar-refractivity contribution in [1.82, 2.24) is 4.98 Å². The Labute approximate surface area is 100 Å². The zero-order valence-corrected chi connectivity index (χ0v) is 10.4. The summed E-state index contributed by atoms with van der Waals surface area (Å²) < 4.78 is 5.42. The Bertz CT molecular complexity index is 372. The maximum absolute atomic E-state index is 11.2. The first-order valence-electron chi connectivity index (χ1n) is 5.71. The normalized spacial score (nSPS) is 25.7. The highest BCUT2D eigenvalue weighted by Gasteiger charge is 2.28. The fourth-order valence-corrected chi connectivity index (χ4v) is 2.44. The summed E-state index contributed by atoms with van der Waals surface area (Å²) in [6.07, 6.45) is 3.83. The number of nitrogens with zero attached hydrogens (tertiary/aromatic N) is 1. The number of oxazole rings is 1. The van der Waals surface area contributed by atoms with Gasteiger partial charge >= 0.3 is 0 Å². The number of rotatable bonds is 2. The zero-order valence-electron chi connectivity index (χ0n) is 9.62. The van der Waals surface area contributed by atoms with Gasteiger partial charge < -0.3 is 4.42 Å². The molecule has 1 aromatic heterocycles. The van der Waals surface area contributed by atoms with E-state index in [4.69, 9.17) is 16.0 Å². The van der Waals surface area contributed by atoms with Crippen molar-refractivity contribution in [3.8, 4) is 0 Å². The monoisotopic (exact) mass is 241 g/mol. The first kappa shape index (κ1) is 11.6. The molecule has 0 aliphatic heterocycles. The first-order valence-corrected chi connectivity index (χ1v) is 6.09. The lowest BCUT2D eigenvalue weighted by molar-refractivity contribution is -0.121. The summed E-state index contributed by atoms with van der Waals surface area (Å²) in [5, 5.41) is 0.392. The lowest BCUT2D eigenvalue weighted by Crippen LogP contribution is -2.19. The molecule has 0 amide bonds. The quantitative estimate of drug-likeness (QED) is 0.796. The van der Waals surface area contributed by atoms with Crippen molar-refractivity contribution in [2.75, 3.05) is 0 Å². The van der Waals surface area contributed by atoms with Gasteiger partial charge in [-0.3, -0.25) is 4.79 Å². The molecular formula is C12H16ClNO2. The van der Waals surface area contributed by atoms with Gasteiger partial charge in [0.15, 0.2) is 5.89 Å². The van der Waals surface area contributed by atoms with E-state index in [1.807, 2.05) is 6.92 Å². The van der Waals surface area contributed by atoms with Gasteiger partial charge in [0.05, 0.1) is 5.69 Å². The average Bonchev–Trinajstić information content (AvgIpc) is 2.59. The van der Waals surface area contributed by atoms with E-state index in [0.717, 1.165) is 37.3 Å². The minimum absolute atomic E-state index is 0.239. The van der Waals surface area contributed by atoms with Crippen molar-refractivity contribution in [3.63, 3.8) is 0 Å². The fraction of sp³-hybridized carbons (Fsp3) is 0.667. The number of aromatic nitrogens is 1. The maximum atomic E-state index is 11.2. The smallest absolute Gasteiger partial charge is 0.216 e. The lowest BCUT2D eigenvalue weighted by atomic mass is 9.80. The van der Waals surface area contributed by atoms with Gasteiger partial charge in [-0.25, -0.2) is 4.98 Å². The highest BCUT2D eigenvalue weighted by atomic mass is 35.5. The van der Waals surface area contributed by atoms with Crippen LogP contribution in [0.1, 0.15) is 50.1 Å². The van der Waals surface area contributed by atoms with Crippen LogP contribution in [0.2, 0.25) is 5.22 Å². The van der Waals surface area contributed by atoms with E-state index in [2.05, 4.69) is 4.98 Å². The van der Waals surface area contributed by atoms with Gasteiger partial charge in [0.1, 0.15) is 5.78 Å². The molecule has 16 heavy (non-hydrogen) atoms. The lowest BCUT2D eigenvalue weighted by Gasteiger charge is -2.24. The summed E-state index contributed by atoms with van der Waals surface area (Å²) in [5.41, 5.74) is 0.755. The molecule has 1 aromatic rings. The molecule has 0 radical (unpaired) electrons. The molecule has 3 nitrogen and oxygen atoms in total. The van der Waals surface area contributed by atoms with Crippen LogP contribution >= 0.6 is 11.6 Å². The Morgan fingerprint density at radius 3 is 2.44 bits per heavy atom. The first-order chi connectivity index (χ1) is 7.58. The molecule has 1 saturated carbocycles. The third-order valence-electron chi connectivity index (χ3n) is 3.41. The second kappa shape index (κ2) is 4.58. The van der Waals surface area contributed by atoms with E-state index in [0.29, 0.717) is 16.9 Å². The topological polar surface area (TPSA) is 43.1 Å². The molecule has 0 spiro atoms. The molecule has 0 aromatic carbocycles. The number of carbonyl (C=O) groups is 1. The van der Waals surface area contributed by atoms with Crippen LogP contribution in [0.15, 0.2) is 4.42 Å². The van der Waals surface area contributed by atoms with Crippen LogP contribution in [-0.4, -0.2) is 10.8 Å². The van der Waals surface area contributed by atoms with Crippen LogP contribution in [0.5, 0.6) is 0 Å². The van der Waals surface area contributed by atoms with E-state index in [1.165, 1.54) is 0 Å². The van der Waals surface area contributed by atoms with Crippen LogP contribution in [0, 0.1) is 12.8 Å². The summed E-state index contributed by atoms with van der Waals surface area (Å²) in [7, 11) is 0. The van der Waals surface area contributed by atoms with Crippen LogP contribution in [-0.2, 0) is 4.79 Å². The van der Waals surface area contributed by atoms with E-state index < -0.39 is 0 Å². The number of Topliss-reactive ketones (excluding diaryl/α,β-unsaturated/α-hetero) is 1. The second-order valence-corrected chi connectivity index (χ2v) is 4.91. The number of ketones is 1. The van der Waals surface area contributed by atoms with Crippen molar-refractivity contribution in [2.45, 2.75) is 45.4 Å². The summed E-state index contributed by atoms with van der Waals surface area (Å²) in [4.78, 5) is 15.6. The Kier molecular flexibility index (Phi) is 3.33. The summed E-state index contributed by atoms with van der Waals surface area (Å²) in [6.45, 7) is 3.52. The number of carbonyl (C=O) groups excluding carboxylic acids is 1. The molecule has 0 atom stereocenters. The van der Waals surface area contributed by atoms with Crippen molar-refractivity contribution < 1.29 is 9.21 Å². The standard InChI is InChI=1S/C12H16ClNO2/c1-7-11(13)16-12(14-7)10-5-3-9(4-6-10)8(2)15/h9-10H,3-6H2,1-2H3/t9-,10-. The minimum atomic E-state index is 0.239. The van der Waals surface area contributed by atoms with Crippen LogP contribution in [0.3, 0.4) is 0 Å². The Hall–Kier alpha value is -0.830. The Morgan fingerprint density at radius 1 is 1.38 bits per heavy atom. The van der Waals surface area contributed by atoms with E-state index >= 15 is 0 Å².